The monoisotopic (exact) mass is 317 g/mol. The first kappa shape index (κ1) is 14.7. The van der Waals surface area contributed by atoms with Crippen molar-refractivity contribution in [3.63, 3.8) is 0 Å². The first-order valence-corrected chi connectivity index (χ1v) is 7.77. The molecule has 0 unspecified atom stereocenters. The Morgan fingerprint density at radius 2 is 2.00 bits per heavy atom. The van der Waals surface area contributed by atoms with Gasteiger partial charge in [0.15, 0.2) is 11.6 Å². The van der Waals surface area contributed by atoms with Gasteiger partial charge in [0.1, 0.15) is 5.52 Å². The molecule has 114 valence electrons. The molecule has 0 aliphatic rings. The molecule has 3 rings (SSSR count). The SMILES string of the molecule is COc1ccc2c(N)cc(-c3csc(C(C)C)n3)nc2c1F. The topological polar surface area (TPSA) is 61.0 Å². The molecule has 0 aliphatic carbocycles. The largest absolute Gasteiger partial charge is 0.494 e. The van der Waals surface area contributed by atoms with Crippen molar-refractivity contribution >= 4 is 27.9 Å². The van der Waals surface area contributed by atoms with Gasteiger partial charge in [-0.15, -0.1) is 11.3 Å². The van der Waals surface area contributed by atoms with Gasteiger partial charge in [0, 0.05) is 22.4 Å². The third-order valence-electron chi connectivity index (χ3n) is 3.41. The van der Waals surface area contributed by atoms with E-state index < -0.39 is 5.82 Å². The zero-order valence-electron chi connectivity index (χ0n) is 12.6. The molecule has 0 fully saturated rings. The molecule has 4 nitrogen and oxygen atoms in total. The molecule has 1 aromatic carbocycles. The second-order valence-electron chi connectivity index (χ2n) is 5.30. The Morgan fingerprint density at radius 3 is 2.64 bits per heavy atom. The van der Waals surface area contributed by atoms with Crippen LogP contribution in [0.15, 0.2) is 23.6 Å². The van der Waals surface area contributed by atoms with Gasteiger partial charge < -0.3 is 10.5 Å². The number of hydrogen-bond acceptors (Lipinski definition) is 5. The summed E-state index contributed by atoms with van der Waals surface area (Å²) in [7, 11) is 1.42. The number of aromatic nitrogens is 2. The fraction of sp³-hybridized carbons (Fsp3) is 0.250. The molecule has 0 atom stereocenters. The Morgan fingerprint density at radius 1 is 1.23 bits per heavy atom. The van der Waals surface area contributed by atoms with Crippen molar-refractivity contribution in [1.29, 1.82) is 0 Å². The number of benzene rings is 1. The maximum absolute atomic E-state index is 14.4. The van der Waals surface area contributed by atoms with Crippen molar-refractivity contribution in [2.45, 2.75) is 19.8 Å². The number of nitrogens with zero attached hydrogens (tertiary/aromatic N) is 2. The molecular weight excluding hydrogens is 301 g/mol. The molecule has 0 amide bonds. The van der Waals surface area contributed by atoms with Crippen molar-refractivity contribution < 1.29 is 9.13 Å². The number of fused-ring (bicyclic) bond motifs is 1. The summed E-state index contributed by atoms with van der Waals surface area (Å²) in [5.74, 6) is -0.0149. The zero-order chi connectivity index (χ0) is 15.9. The van der Waals surface area contributed by atoms with Crippen molar-refractivity contribution in [3.05, 3.63) is 34.4 Å². The van der Waals surface area contributed by atoms with Gasteiger partial charge in [0.25, 0.3) is 0 Å². The van der Waals surface area contributed by atoms with Crippen LogP contribution >= 0.6 is 11.3 Å². The van der Waals surface area contributed by atoms with Gasteiger partial charge in [-0.05, 0) is 18.2 Å². The molecule has 0 saturated heterocycles. The van der Waals surface area contributed by atoms with Crippen LogP contribution < -0.4 is 10.5 Å². The minimum Gasteiger partial charge on any atom is -0.494 e. The highest BCUT2D eigenvalue weighted by Crippen LogP contribution is 2.32. The Kier molecular flexibility index (Phi) is 3.70. The van der Waals surface area contributed by atoms with Crippen molar-refractivity contribution in [2.75, 3.05) is 12.8 Å². The number of anilines is 1. The van der Waals surface area contributed by atoms with E-state index in [4.69, 9.17) is 10.5 Å². The van der Waals surface area contributed by atoms with Crippen LogP contribution in [0.2, 0.25) is 0 Å². The average molecular weight is 317 g/mol. The second kappa shape index (κ2) is 5.53. The summed E-state index contributed by atoms with van der Waals surface area (Å²) in [4.78, 5) is 8.94. The van der Waals surface area contributed by atoms with Crippen LogP contribution in [0, 0.1) is 5.82 Å². The van der Waals surface area contributed by atoms with Gasteiger partial charge in [-0.3, -0.25) is 0 Å². The normalized spacial score (nSPS) is 11.3. The molecule has 3 aromatic rings. The van der Waals surface area contributed by atoms with E-state index in [0.717, 1.165) is 5.01 Å². The number of ether oxygens (including phenoxy) is 1. The minimum absolute atomic E-state index is 0.151. The third kappa shape index (κ3) is 2.39. The van der Waals surface area contributed by atoms with Gasteiger partial charge in [-0.1, -0.05) is 13.8 Å². The second-order valence-corrected chi connectivity index (χ2v) is 6.19. The summed E-state index contributed by atoms with van der Waals surface area (Å²) in [6.45, 7) is 4.16. The van der Waals surface area contributed by atoms with E-state index >= 15 is 0 Å². The van der Waals surface area contributed by atoms with Gasteiger partial charge in [0.2, 0.25) is 0 Å². The van der Waals surface area contributed by atoms with Gasteiger partial charge in [-0.25, -0.2) is 14.4 Å². The van der Waals surface area contributed by atoms with Crippen LogP contribution in [0.5, 0.6) is 5.75 Å². The first-order valence-electron chi connectivity index (χ1n) is 6.89. The summed E-state index contributed by atoms with van der Waals surface area (Å²) < 4.78 is 19.4. The van der Waals surface area contributed by atoms with Crippen molar-refractivity contribution in [2.24, 2.45) is 0 Å². The van der Waals surface area contributed by atoms with E-state index in [1.54, 1.807) is 29.5 Å². The fourth-order valence-electron chi connectivity index (χ4n) is 2.23. The Hall–Kier alpha value is -2.21. The van der Waals surface area contributed by atoms with Crippen LogP contribution in [0.25, 0.3) is 22.3 Å². The molecule has 2 N–H and O–H groups in total. The number of hydrogen-bond donors (Lipinski definition) is 1. The molecule has 0 radical (unpaired) electrons. The van der Waals surface area contributed by atoms with Crippen molar-refractivity contribution in [3.8, 4) is 17.1 Å². The lowest BCUT2D eigenvalue weighted by Gasteiger charge is -2.08. The summed E-state index contributed by atoms with van der Waals surface area (Å²) in [6.07, 6.45) is 0. The molecule has 6 heteroatoms. The fourth-order valence-corrected chi connectivity index (χ4v) is 3.05. The van der Waals surface area contributed by atoms with Crippen LogP contribution in [-0.2, 0) is 0 Å². The van der Waals surface area contributed by atoms with E-state index in [9.17, 15) is 4.39 Å². The van der Waals surface area contributed by atoms with E-state index in [1.807, 2.05) is 5.38 Å². The molecule has 0 spiro atoms. The standard InChI is InChI=1S/C16H16FN3OS/c1-8(2)16-20-12(7-22-16)11-6-10(18)9-4-5-13(21-3)14(17)15(9)19-11/h4-8H,1-3H3,(H2,18,19). The Labute approximate surface area is 131 Å². The highest BCUT2D eigenvalue weighted by atomic mass is 32.1. The lowest BCUT2D eigenvalue weighted by atomic mass is 10.1. The molecule has 0 saturated carbocycles. The Bertz CT molecular complexity index is 845. The number of pyridine rings is 1. The maximum Gasteiger partial charge on any atom is 0.191 e. The molecule has 2 aromatic heterocycles. The quantitative estimate of drug-likeness (QED) is 0.786. The van der Waals surface area contributed by atoms with Gasteiger partial charge >= 0.3 is 0 Å². The number of halogens is 1. The first-order chi connectivity index (χ1) is 10.5. The van der Waals surface area contributed by atoms with E-state index in [2.05, 4.69) is 23.8 Å². The molecule has 2 heterocycles. The number of nitrogens with two attached hydrogens (primary N) is 1. The Balaban J connectivity index is 2.20. The van der Waals surface area contributed by atoms with Crippen LogP contribution in [0.3, 0.4) is 0 Å². The number of rotatable bonds is 3. The zero-order valence-corrected chi connectivity index (χ0v) is 13.4. The average Bonchev–Trinajstić information content (AvgIpc) is 2.98. The van der Waals surface area contributed by atoms with Crippen LogP contribution in [0.1, 0.15) is 24.8 Å². The highest BCUT2D eigenvalue weighted by molar-refractivity contribution is 7.10. The van der Waals surface area contributed by atoms with Gasteiger partial charge in [0.05, 0.1) is 23.5 Å². The molecule has 0 bridgehead atoms. The number of methoxy groups -OCH3 is 1. The summed E-state index contributed by atoms with van der Waals surface area (Å²) in [5, 5.41) is 3.50. The predicted octanol–water partition coefficient (Wildman–Crippen LogP) is 4.21. The predicted molar refractivity (Wildman–Crippen MR) is 87.9 cm³/mol. The summed E-state index contributed by atoms with van der Waals surface area (Å²) >= 11 is 1.57. The summed E-state index contributed by atoms with van der Waals surface area (Å²) in [5.41, 5.74) is 8.01. The van der Waals surface area contributed by atoms with E-state index in [1.165, 1.54) is 7.11 Å². The lowest BCUT2D eigenvalue weighted by molar-refractivity contribution is 0.388. The van der Waals surface area contributed by atoms with E-state index in [-0.39, 0.29) is 11.3 Å². The van der Waals surface area contributed by atoms with Crippen molar-refractivity contribution in [1.82, 2.24) is 9.97 Å². The lowest BCUT2D eigenvalue weighted by Crippen LogP contribution is -1.97. The van der Waals surface area contributed by atoms with Crippen LogP contribution in [0.4, 0.5) is 10.1 Å². The van der Waals surface area contributed by atoms with Gasteiger partial charge in [-0.2, -0.15) is 0 Å². The van der Waals surface area contributed by atoms with E-state index in [0.29, 0.717) is 28.4 Å². The molecular formula is C16H16FN3OS. The summed E-state index contributed by atoms with van der Waals surface area (Å²) in [6, 6.07) is 4.99. The smallest absolute Gasteiger partial charge is 0.191 e. The highest BCUT2D eigenvalue weighted by Gasteiger charge is 2.15. The number of thiazole rings is 1. The molecule has 0 aliphatic heterocycles. The maximum atomic E-state index is 14.4. The number of nitrogen functional groups attached to an aromatic ring is 1. The third-order valence-corrected chi connectivity index (χ3v) is 4.56. The minimum atomic E-state index is -0.507. The van der Waals surface area contributed by atoms with Crippen LogP contribution in [-0.4, -0.2) is 17.1 Å². The molecule has 22 heavy (non-hydrogen) atoms.